The number of imidazole rings is 1. The second-order valence-corrected chi connectivity index (χ2v) is 3.73. The van der Waals surface area contributed by atoms with Crippen LogP contribution < -0.4 is 5.69 Å². The van der Waals surface area contributed by atoms with Crippen molar-refractivity contribution in [3.63, 3.8) is 0 Å². The summed E-state index contributed by atoms with van der Waals surface area (Å²) in [6.45, 7) is 0.215. The molecule has 3 rings (SSSR count). The molecule has 0 saturated heterocycles. The summed E-state index contributed by atoms with van der Waals surface area (Å²) >= 11 is 0. The standard InChI is InChI=1S/C12H9FN2O2/c13-9-4-1-5-10-11(9)15(12(16)14-10)7-8-3-2-6-17-8/h1-6H,7H2,(H,14,16). The van der Waals surface area contributed by atoms with Gasteiger partial charge in [-0.2, -0.15) is 0 Å². The van der Waals surface area contributed by atoms with E-state index in [0.717, 1.165) is 0 Å². The van der Waals surface area contributed by atoms with E-state index in [-0.39, 0.29) is 17.8 Å². The summed E-state index contributed by atoms with van der Waals surface area (Å²) in [6.07, 6.45) is 1.52. The lowest BCUT2D eigenvalue weighted by Gasteiger charge is -2.01. The average molecular weight is 232 g/mol. The van der Waals surface area contributed by atoms with Gasteiger partial charge in [0, 0.05) is 0 Å². The Hall–Kier alpha value is -2.30. The van der Waals surface area contributed by atoms with Crippen LogP contribution in [0.3, 0.4) is 0 Å². The zero-order chi connectivity index (χ0) is 11.8. The predicted molar refractivity (Wildman–Crippen MR) is 60.3 cm³/mol. The molecule has 0 unspecified atom stereocenters. The van der Waals surface area contributed by atoms with Crippen molar-refractivity contribution >= 4 is 11.0 Å². The Labute approximate surface area is 95.3 Å². The first-order valence-corrected chi connectivity index (χ1v) is 5.15. The normalized spacial score (nSPS) is 11.1. The van der Waals surface area contributed by atoms with E-state index >= 15 is 0 Å². The van der Waals surface area contributed by atoms with Crippen LogP contribution in [0.15, 0.2) is 45.8 Å². The Balaban J connectivity index is 2.21. The molecule has 0 spiro atoms. The highest BCUT2D eigenvalue weighted by Crippen LogP contribution is 2.15. The maximum Gasteiger partial charge on any atom is 0.326 e. The number of aromatic nitrogens is 2. The van der Waals surface area contributed by atoms with E-state index in [1.807, 2.05) is 0 Å². The Kier molecular flexibility index (Phi) is 2.11. The molecule has 86 valence electrons. The molecule has 0 atom stereocenters. The number of aromatic amines is 1. The van der Waals surface area contributed by atoms with Crippen LogP contribution in [0.2, 0.25) is 0 Å². The van der Waals surface area contributed by atoms with Gasteiger partial charge in [0.1, 0.15) is 17.1 Å². The molecule has 0 saturated carbocycles. The first kappa shape index (κ1) is 9.89. The number of fused-ring (bicyclic) bond motifs is 1. The van der Waals surface area contributed by atoms with E-state index in [4.69, 9.17) is 4.42 Å². The molecule has 0 amide bonds. The number of hydrogen-bond donors (Lipinski definition) is 1. The van der Waals surface area contributed by atoms with Crippen molar-refractivity contribution in [1.29, 1.82) is 0 Å². The number of para-hydroxylation sites is 1. The van der Waals surface area contributed by atoms with Crippen LogP contribution in [-0.4, -0.2) is 9.55 Å². The molecular weight excluding hydrogens is 223 g/mol. The molecule has 0 aliphatic heterocycles. The largest absolute Gasteiger partial charge is 0.467 e. The number of furan rings is 1. The number of nitrogens with one attached hydrogen (secondary N) is 1. The number of nitrogens with zero attached hydrogens (tertiary/aromatic N) is 1. The fraction of sp³-hybridized carbons (Fsp3) is 0.0833. The second-order valence-electron chi connectivity index (χ2n) is 3.73. The van der Waals surface area contributed by atoms with Gasteiger partial charge in [0.2, 0.25) is 0 Å². The summed E-state index contributed by atoms with van der Waals surface area (Å²) in [7, 11) is 0. The third kappa shape index (κ3) is 1.56. The van der Waals surface area contributed by atoms with Gasteiger partial charge >= 0.3 is 5.69 Å². The molecule has 0 aliphatic carbocycles. The highest BCUT2D eigenvalue weighted by Gasteiger charge is 2.11. The summed E-state index contributed by atoms with van der Waals surface area (Å²) in [5.74, 6) is 0.184. The maximum absolute atomic E-state index is 13.7. The van der Waals surface area contributed by atoms with Gasteiger partial charge in [0.15, 0.2) is 0 Å². The van der Waals surface area contributed by atoms with Gasteiger partial charge in [-0.1, -0.05) is 6.07 Å². The van der Waals surface area contributed by atoms with Gasteiger partial charge in [-0.05, 0) is 24.3 Å². The minimum Gasteiger partial charge on any atom is -0.467 e. The first-order valence-electron chi connectivity index (χ1n) is 5.15. The summed E-state index contributed by atoms with van der Waals surface area (Å²) in [6, 6.07) is 8.02. The molecule has 0 aliphatic rings. The van der Waals surface area contributed by atoms with Crippen molar-refractivity contribution in [3.05, 3.63) is 58.7 Å². The van der Waals surface area contributed by atoms with E-state index < -0.39 is 5.82 Å². The van der Waals surface area contributed by atoms with Crippen molar-refractivity contribution in [2.24, 2.45) is 0 Å². The smallest absolute Gasteiger partial charge is 0.326 e. The predicted octanol–water partition coefficient (Wildman–Crippen LogP) is 2.11. The Bertz CT molecular complexity index is 710. The topological polar surface area (TPSA) is 50.9 Å². The lowest BCUT2D eigenvalue weighted by Crippen LogP contribution is -2.17. The molecule has 17 heavy (non-hydrogen) atoms. The molecule has 0 fully saturated rings. The maximum atomic E-state index is 13.7. The number of H-pyrrole nitrogens is 1. The van der Waals surface area contributed by atoms with Crippen LogP contribution in [0.25, 0.3) is 11.0 Å². The number of hydrogen-bond acceptors (Lipinski definition) is 2. The molecule has 4 nitrogen and oxygen atoms in total. The zero-order valence-corrected chi connectivity index (χ0v) is 8.81. The second kappa shape index (κ2) is 3.62. The molecule has 2 aromatic heterocycles. The molecule has 5 heteroatoms. The minimum absolute atomic E-state index is 0.215. The average Bonchev–Trinajstić information content (AvgIpc) is 2.89. The summed E-state index contributed by atoms with van der Waals surface area (Å²) in [5.41, 5.74) is 0.414. The summed E-state index contributed by atoms with van der Waals surface area (Å²) < 4.78 is 20.2. The third-order valence-corrected chi connectivity index (χ3v) is 2.64. The van der Waals surface area contributed by atoms with Crippen LogP contribution >= 0.6 is 0 Å². The van der Waals surface area contributed by atoms with Crippen LogP contribution in [0.4, 0.5) is 4.39 Å². The molecular formula is C12H9FN2O2. The van der Waals surface area contributed by atoms with Crippen LogP contribution in [-0.2, 0) is 6.54 Å². The van der Waals surface area contributed by atoms with E-state index in [1.165, 1.54) is 16.9 Å². The Morgan fingerprint density at radius 2 is 2.18 bits per heavy atom. The minimum atomic E-state index is -0.424. The van der Waals surface area contributed by atoms with Crippen LogP contribution in [0.1, 0.15) is 5.76 Å². The lowest BCUT2D eigenvalue weighted by atomic mass is 10.3. The van der Waals surface area contributed by atoms with Gasteiger partial charge in [-0.3, -0.25) is 4.57 Å². The van der Waals surface area contributed by atoms with Crippen molar-refractivity contribution in [1.82, 2.24) is 9.55 Å². The van der Waals surface area contributed by atoms with E-state index in [2.05, 4.69) is 4.98 Å². The van der Waals surface area contributed by atoms with E-state index in [0.29, 0.717) is 11.3 Å². The van der Waals surface area contributed by atoms with Crippen molar-refractivity contribution in [2.75, 3.05) is 0 Å². The quantitative estimate of drug-likeness (QED) is 0.735. The fourth-order valence-electron chi connectivity index (χ4n) is 1.88. The number of rotatable bonds is 2. The molecule has 0 radical (unpaired) electrons. The van der Waals surface area contributed by atoms with Gasteiger partial charge in [0.05, 0.1) is 18.3 Å². The van der Waals surface area contributed by atoms with E-state index in [1.54, 1.807) is 24.3 Å². The molecule has 1 N–H and O–H groups in total. The SMILES string of the molecule is O=c1[nH]c2cccc(F)c2n1Cc1ccco1. The van der Waals surface area contributed by atoms with Gasteiger partial charge in [-0.25, -0.2) is 9.18 Å². The van der Waals surface area contributed by atoms with E-state index in [9.17, 15) is 9.18 Å². The van der Waals surface area contributed by atoms with Crippen molar-refractivity contribution in [3.8, 4) is 0 Å². The van der Waals surface area contributed by atoms with Gasteiger partial charge in [0.25, 0.3) is 0 Å². The van der Waals surface area contributed by atoms with Gasteiger partial charge < -0.3 is 9.40 Å². The van der Waals surface area contributed by atoms with Crippen LogP contribution in [0.5, 0.6) is 0 Å². The molecule has 2 heterocycles. The number of benzene rings is 1. The number of halogens is 1. The third-order valence-electron chi connectivity index (χ3n) is 2.64. The molecule has 0 bridgehead atoms. The zero-order valence-electron chi connectivity index (χ0n) is 8.81. The van der Waals surface area contributed by atoms with Gasteiger partial charge in [-0.15, -0.1) is 0 Å². The Morgan fingerprint density at radius 1 is 1.29 bits per heavy atom. The first-order chi connectivity index (χ1) is 8.25. The van der Waals surface area contributed by atoms with Crippen LogP contribution in [0, 0.1) is 5.82 Å². The Morgan fingerprint density at radius 3 is 2.94 bits per heavy atom. The van der Waals surface area contributed by atoms with Crippen molar-refractivity contribution in [2.45, 2.75) is 6.54 Å². The lowest BCUT2D eigenvalue weighted by molar-refractivity contribution is 0.491. The molecule has 3 aromatic rings. The monoisotopic (exact) mass is 232 g/mol. The fourth-order valence-corrected chi connectivity index (χ4v) is 1.88. The van der Waals surface area contributed by atoms with Crippen molar-refractivity contribution < 1.29 is 8.81 Å². The summed E-state index contributed by atoms with van der Waals surface area (Å²) in [5, 5.41) is 0. The highest BCUT2D eigenvalue weighted by atomic mass is 19.1. The summed E-state index contributed by atoms with van der Waals surface area (Å²) in [4.78, 5) is 14.3. The highest BCUT2D eigenvalue weighted by molar-refractivity contribution is 5.75. The molecule has 1 aromatic carbocycles.